The first-order valence-electron chi connectivity index (χ1n) is 6.28. The van der Waals surface area contributed by atoms with Gasteiger partial charge in [-0.2, -0.15) is 0 Å². The van der Waals surface area contributed by atoms with Crippen LogP contribution < -0.4 is 5.73 Å². The van der Waals surface area contributed by atoms with Gasteiger partial charge in [0.15, 0.2) is 0 Å². The van der Waals surface area contributed by atoms with Crippen molar-refractivity contribution in [2.45, 2.75) is 32.4 Å². The Morgan fingerprint density at radius 3 is 3.00 bits per heavy atom. The second-order valence-corrected chi connectivity index (χ2v) is 5.05. The van der Waals surface area contributed by atoms with Gasteiger partial charge >= 0.3 is 0 Å². The summed E-state index contributed by atoms with van der Waals surface area (Å²) in [6.07, 6.45) is 5.32. The molecule has 0 aliphatic heterocycles. The first kappa shape index (κ1) is 14.0. The fourth-order valence-electron chi connectivity index (χ4n) is 1.87. The number of nitrogens with two attached hydrogens (primary N) is 1. The van der Waals surface area contributed by atoms with E-state index < -0.39 is 0 Å². The van der Waals surface area contributed by atoms with Crippen LogP contribution in [0, 0.1) is 5.82 Å². The Bertz CT molecular complexity index is 553. The monoisotopic (exact) mass is 281 g/mol. The summed E-state index contributed by atoms with van der Waals surface area (Å²) in [4.78, 5) is 4.30. The number of imidazole rings is 1. The second-order valence-electron chi connectivity index (χ2n) is 4.65. The zero-order chi connectivity index (χ0) is 13.8. The molecule has 102 valence electrons. The third-order valence-corrected chi connectivity index (χ3v) is 3.41. The number of rotatable bonds is 5. The summed E-state index contributed by atoms with van der Waals surface area (Å²) in [5, 5.41) is 0.557. The molecule has 2 N–H and O–H groups in total. The summed E-state index contributed by atoms with van der Waals surface area (Å²) >= 11 is 6.04. The van der Waals surface area contributed by atoms with Crippen LogP contribution in [0.5, 0.6) is 0 Å². The third kappa shape index (κ3) is 3.78. The molecule has 1 unspecified atom stereocenters. The summed E-state index contributed by atoms with van der Waals surface area (Å²) in [5.74, 6) is -0.284. The average Bonchev–Trinajstić information content (AvgIpc) is 2.81. The number of hydrogen-bond donors (Lipinski definition) is 1. The largest absolute Gasteiger partial charge is 0.333 e. The third-order valence-electron chi connectivity index (χ3n) is 3.04. The molecule has 1 heterocycles. The fourth-order valence-corrected chi connectivity index (χ4v) is 2.05. The molecule has 0 radical (unpaired) electrons. The minimum atomic E-state index is -0.284. The highest BCUT2D eigenvalue weighted by molar-refractivity contribution is 6.31. The van der Waals surface area contributed by atoms with E-state index in [-0.39, 0.29) is 11.9 Å². The molecule has 0 aliphatic rings. The molecule has 0 saturated carbocycles. The molecule has 19 heavy (non-hydrogen) atoms. The van der Waals surface area contributed by atoms with Gasteiger partial charge < -0.3 is 10.3 Å². The van der Waals surface area contributed by atoms with Gasteiger partial charge in [0.1, 0.15) is 5.82 Å². The minimum absolute atomic E-state index is 0.126. The number of hydrogen-bond acceptors (Lipinski definition) is 2. The molecule has 0 amide bonds. The standard InChI is InChI=1S/C14H17ClFN3/c1-2-12(17)6-13-8-19(9-18-13)7-10-5-11(16)3-4-14(10)15/h3-5,8-9,12H,2,6-7,17H2,1H3. The summed E-state index contributed by atoms with van der Waals surface area (Å²) in [6.45, 7) is 2.55. The Hall–Kier alpha value is -1.39. The molecule has 1 aromatic carbocycles. The maximum absolute atomic E-state index is 13.2. The maximum Gasteiger partial charge on any atom is 0.123 e. The second kappa shape index (κ2) is 6.17. The highest BCUT2D eigenvalue weighted by Crippen LogP contribution is 2.18. The van der Waals surface area contributed by atoms with Crippen LogP contribution in [0.15, 0.2) is 30.7 Å². The van der Waals surface area contributed by atoms with Crippen molar-refractivity contribution >= 4 is 11.6 Å². The number of nitrogens with zero attached hydrogens (tertiary/aromatic N) is 2. The Morgan fingerprint density at radius 1 is 1.47 bits per heavy atom. The van der Waals surface area contributed by atoms with Gasteiger partial charge in [-0.1, -0.05) is 18.5 Å². The van der Waals surface area contributed by atoms with Crippen LogP contribution in [0.4, 0.5) is 4.39 Å². The average molecular weight is 282 g/mol. The molecule has 0 aliphatic carbocycles. The summed E-state index contributed by atoms with van der Waals surface area (Å²) in [7, 11) is 0. The van der Waals surface area contributed by atoms with Crippen LogP contribution in [-0.2, 0) is 13.0 Å². The van der Waals surface area contributed by atoms with E-state index in [1.54, 1.807) is 12.4 Å². The molecule has 5 heteroatoms. The lowest BCUT2D eigenvalue weighted by Gasteiger charge is -2.06. The van der Waals surface area contributed by atoms with Crippen molar-refractivity contribution in [2.24, 2.45) is 5.73 Å². The minimum Gasteiger partial charge on any atom is -0.333 e. The zero-order valence-electron chi connectivity index (χ0n) is 10.8. The molecule has 0 bridgehead atoms. The van der Waals surface area contributed by atoms with E-state index in [1.807, 2.05) is 17.7 Å². The van der Waals surface area contributed by atoms with Crippen molar-refractivity contribution in [3.05, 3.63) is 52.8 Å². The molecular weight excluding hydrogens is 265 g/mol. The Morgan fingerprint density at radius 2 is 2.26 bits per heavy atom. The van der Waals surface area contributed by atoms with Gasteiger partial charge in [0.25, 0.3) is 0 Å². The Labute approximate surface area is 117 Å². The molecule has 3 nitrogen and oxygen atoms in total. The lowest BCUT2D eigenvalue weighted by Crippen LogP contribution is -2.21. The van der Waals surface area contributed by atoms with E-state index in [4.69, 9.17) is 17.3 Å². The predicted molar refractivity (Wildman–Crippen MR) is 74.7 cm³/mol. The summed E-state index contributed by atoms with van der Waals surface area (Å²) in [5.41, 5.74) is 7.58. The van der Waals surface area contributed by atoms with Crippen molar-refractivity contribution in [3.63, 3.8) is 0 Å². The molecule has 0 fully saturated rings. The topological polar surface area (TPSA) is 43.8 Å². The van der Waals surface area contributed by atoms with Gasteiger partial charge in [0, 0.05) is 23.7 Å². The van der Waals surface area contributed by atoms with Gasteiger partial charge in [0.2, 0.25) is 0 Å². The SMILES string of the molecule is CCC(N)Cc1cn(Cc2cc(F)ccc2Cl)cn1. The molecule has 1 atom stereocenters. The first-order chi connectivity index (χ1) is 9.08. The smallest absolute Gasteiger partial charge is 0.123 e. The molecular formula is C14H17ClFN3. The Kier molecular flexibility index (Phi) is 4.56. The van der Waals surface area contributed by atoms with Crippen LogP contribution in [0.2, 0.25) is 5.02 Å². The van der Waals surface area contributed by atoms with Crippen molar-refractivity contribution in [2.75, 3.05) is 0 Å². The van der Waals surface area contributed by atoms with E-state index in [1.165, 1.54) is 12.1 Å². The number of halogens is 2. The van der Waals surface area contributed by atoms with Crippen LogP contribution in [0.3, 0.4) is 0 Å². The van der Waals surface area contributed by atoms with Crippen LogP contribution in [0.1, 0.15) is 24.6 Å². The van der Waals surface area contributed by atoms with E-state index in [0.717, 1.165) is 24.1 Å². The summed E-state index contributed by atoms with van der Waals surface area (Å²) < 4.78 is 15.1. The van der Waals surface area contributed by atoms with E-state index in [2.05, 4.69) is 4.98 Å². The summed E-state index contributed by atoms with van der Waals surface area (Å²) in [6, 6.07) is 4.49. The lowest BCUT2D eigenvalue weighted by molar-refractivity contribution is 0.623. The van der Waals surface area contributed by atoms with Crippen LogP contribution in [0.25, 0.3) is 0 Å². The van der Waals surface area contributed by atoms with Gasteiger partial charge in [-0.05, 0) is 30.2 Å². The molecule has 0 spiro atoms. The van der Waals surface area contributed by atoms with Crippen molar-refractivity contribution in [1.29, 1.82) is 0 Å². The van der Waals surface area contributed by atoms with Crippen molar-refractivity contribution < 1.29 is 4.39 Å². The van der Waals surface area contributed by atoms with E-state index in [0.29, 0.717) is 11.6 Å². The number of aromatic nitrogens is 2. The Balaban J connectivity index is 2.09. The predicted octanol–water partition coefficient (Wildman–Crippen LogP) is 3.00. The molecule has 1 aromatic heterocycles. The van der Waals surface area contributed by atoms with Crippen molar-refractivity contribution in [1.82, 2.24) is 9.55 Å². The van der Waals surface area contributed by atoms with E-state index >= 15 is 0 Å². The molecule has 0 saturated heterocycles. The maximum atomic E-state index is 13.2. The van der Waals surface area contributed by atoms with E-state index in [9.17, 15) is 4.39 Å². The van der Waals surface area contributed by atoms with Crippen LogP contribution in [-0.4, -0.2) is 15.6 Å². The molecule has 2 aromatic rings. The lowest BCUT2D eigenvalue weighted by atomic mass is 10.1. The highest BCUT2D eigenvalue weighted by Gasteiger charge is 2.07. The molecule has 2 rings (SSSR count). The first-order valence-corrected chi connectivity index (χ1v) is 6.66. The normalized spacial score (nSPS) is 12.6. The van der Waals surface area contributed by atoms with Gasteiger partial charge in [-0.15, -0.1) is 0 Å². The highest BCUT2D eigenvalue weighted by atomic mass is 35.5. The quantitative estimate of drug-likeness (QED) is 0.915. The number of benzene rings is 1. The van der Waals surface area contributed by atoms with Crippen LogP contribution >= 0.6 is 11.6 Å². The van der Waals surface area contributed by atoms with Gasteiger partial charge in [-0.3, -0.25) is 0 Å². The van der Waals surface area contributed by atoms with Crippen molar-refractivity contribution in [3.8, 4) is 0 Å². The fraction of sp³-hybridized carbons (Fsp3) is 0.357. The zero-order valence-corrected chi connectivity index (χ0v) is 11.6. The van der Waals surface area contributed by atoms with Gasteiger partial charge in [0.05, 0.1) is 18.6 Å². The van der Waals surface area contributed by atoms with Gasteiger partial charge in [-0.25, -0.2) is 9.37 Å².